The number of carboxylic acid groups (broad SMARTS) is 1. The number of carbonyl (C=O) groups is 2. The zero-order chi connectivity index (χ0) is 17.8. The van der Waals surface area contributed by atoms with E-state index >= 15 is 0 Å². The van der Waals surface area contributed by atoms with Crippen molar-refractivity contribution in [3.63, 3.8) is 0 Å². The standard InChI is InChI=1S/C17H17FN4O3/c18-14-3-1-2-13(9-14)8-12-4-6-21(7-5-12)16(23)11-22-10-15(17(24)25)19-20-22/h1-3,8-10H,4-7,11H2,(H,24,25). The van der Waals surface area contributed by atoms with Gasteiger partial charge in [0.15, 0.2) is 5.69 Å². The van der Waals surface area contributed by atoms with Gasteiger partial charge in [-0.2, -0.15) is 0 Å². The van der Waals surface area contributed by atoms with E-state index in [0.29, 0.717) is 13.1 Å². The lowest BCUT2D eigenvalue weighted by molar-refractivity contribution is -0.132. The van der Waals surface area contributed by atoms with Crippen LogP contribution in [0.2, 0.25) is 0 Å². The Kier molecular flexibility index (Phi) is 4.87. The average Bonchev–Trinajstić information content (AvgIpc) is 3.04. The fourth-order valence-electron chi connectivity index (χ4n) is 2.73. The molecule has 1 aliphatic rings. The predicted octanol–water partition coefficient (Wildman–Crippen LogP) is 1.82. The first-order valence-corrected chi connectivity index (χ1v) is 7.87. The van der Waals surface area contributed by atoms with Crippen molar-refractivity contribution in [1.82, 2.24) is 19.9 Å². The molecule has 1 amide bonds. The van der Waals surface area contributed by atoms with Gasteiger partial charge in [0.2, 0.25) is 5.91 Å². The number of likely N-dealkylation sites (tertiary alicyclic amines) is 1. The Morgan fingerprint density at radius 2 is 2.04 bits per heavy atom. The van der Waals surface area contributed by atoms with Crippen LogP contribution in [0.3, 0.4) is 0 Å². The van der Waals surface area contributed by atoms with E-state index in [1.807, 2.05) is 12.1 Å². The van der Waals surface area contributed by atoms with Gasteiger partial charge in [-0.25, -0.2) is 13.9 Å². The van der Waals surface area contributed by atoms with Gasteiger partial charge in [0, 0.05) is 13.1 Å². The molecular weight excluding hydrogens is 327 g/mol. The van der Waals surface area contributed by atoms with Gasteiger partial charge >= 0.3 is 5.97 Å². The molecule has 8 heteroatoms. The quantitative estimate of drug-likeness (QED) is 0.914. The number of carbonyl (C=O) groups excluding carboxylic acids is 1. The molecule has 0 radical (unpaired) electrons. The molecule has 3 rings (SSSR count). The molecule has 25 heavy (non-hydrogen) atoms. The van der Waals surface area contributed by atoms with Gasteiger partial charge in [-0.1, -0.05) is 29.0 Å². The molecule has 0 bridgehead atoms. The van der Waals surface area contributed by atoms with Gasteiger partial charge in [-0.15, -0.1) is 5.10 Å². The molecule has 0 atom stereocenters. The van der Waals surface area contributed by atoms with Crippen LogP contribution in [0, 0.1) is 5.82 Å². The van der Waals surface area contributed by atoms with Crippen molar-refractivity contribution in [1.29, 1.82) is 0 Å². The summed E-state index contributed by atoms with van der Waals surface area (Å²) in [5, 5.41) is 15.9. The molecule has 0 spiro atoms. The molecule has 0 unspecified atom stereocenters. The maximum atomic E-state index is 13.2. The molecule has 1 aromatic carbocycles. The summed E-state index contributed by atoms with van der Waals surface area (Å²) < 4.78 is 14.4. The van der Waals surface area contributed by atoms with E-state index in [0.717, 1.165) is 18.4 Å². The van der Waals surface area contributed by atoms with Crippen molar-refractivity contribution < 1.29 is 19.1 Å². The van der Waals surface area contributed by atoms with E-state index in [1.165, 1.54) is 28.6 Å². The first-order valence-electron chi connectivity index (χ1n) is 7.87. The number of piperidine rings is 1. The second-order valence-corrected chi connectivity index (χ2v) is 5.84. The van der Waals surface area contributed by atoms with Crippen LogP contribution in [-0.4, -0.2) is 50.0 Å². The lowest BCUT2D eigenvalue weighted by atomic mass is 10.0. The van der Waals surface area contributed by atoms with Crippen molar-refractivity contribution >= 4 is 18.0 Å². The number of aromatic nitrogens is 3. The minimum Gasteiger partial charge on any atom is -0.476 e. The van der Waals surface area contributed by atoms with Crippen molar-refractivity contribution in [2.24, 2.45) is 0 Å². The zero-order valence-electron chi connectivity index (χ0n) is 13.4. The molecule has 1 fully saturated rings. The third-order valence-electron chi connectivity index (χ3n) is 4.03. The SMILES string of the molecule is O=C(O)c1cn(CC(=O)N2CCC(=Cc3cccc(F)c3)CC2)nn1. The first-order chi connectivity index (χ1) is 12.0. The Bertz CT molecular complexity index is 821. The number of amides is 1. The molecule has 7 nitrogen and oxygen atoms in total. The van der Waals surface area contributed by atoms with Crippen LogP contribution in [0.4, 0.5) is 4.39 Å². The van der Waals surface area contributed by atoms with Gasteiger partial charge in [-0.05, 0) is 30.5 Å². The summed E-state index contributed by atoms with van der Waals surface area (Å²) in [6.45, 7) is 1.10. The van der Waals surface area contributed by atoms with E-state index in [4.69, 9.17) is 5.11 Å². The van der Waals surface area contributed by atoms with Crippen molar-refractivity contribution in [2.45, 2.75) is 19.4 Å². The number of hydrogen-bond acceptors (Lipinski definition) is 4. The van der Waals surface area contributed by atoms with Crippen LogP contribution in [0.15, 0.2) is 36.0 Å². The summed E-state index contributed by atoms with van der Waals surface area (Å²) in [4.78, 5) is 24.8. The molecule has 1 N–H and O–H groups in total. The van der Waals surface area contributed by atoms with Crippen LogP contribution in [-0.2, 0) is 11.3 Å². The summed E-state index contributed by atoms with van der Waals surface area (Å²) in [6.07, 6.45) is 4.64. The van der Waals surface area contributed by atoms with Gasteiger partial charge in [0.1, 0.15) is 12.4 Å². The second kappa shape index (κ2) is 7.25. The van der Waals surface area contributed by atoms with Crippen molar-refractivity contribution in [3.05, 3.63) is 53.1 Å². The molecule has 0 saturated carbocycles. The van der Waals surface area contributed by atoms with Crippen LogP contribution in [0.5, 0.6) is 0 Å². The Balaban J connectivity index is 1.56. The number of nitrogens with zero attached hydrogens (tertiary/aromatic N) is 4. The van der Waals surface area contributed by atoms with Crippen LogP contribution in [0.1, 0.15) is 28.9 Å². The monoisotopic (exact) mass is 344 g/mol. The molecular formula is C17H17FN4O3. The molecule has 130 valence electrons. The Labute approximate surface area is 143 Å². The summed E-state index contributed by atoms with van der Waals surface area (Å²) in [5.41, 5.74) is 1.80. The van der Waals surface area contributed by atoms with Crippen molar-refractivity contribution in [2.75, 3.05) is 13.1 Å². The first kappa shape index (κ1) is 16.8. The highest BCUT2D eigenvalue weighted by Crippen LogP contribution is 2.20. The van der Waals surface area contributed by atoms with E-state index in [9.17, 15) is 14.0 Å². The van der Waals surface area contributed by atoms with Crippen LogP contribution in [0.25, 0.3) is 6.08 Å². The van der Waals surface area contributed by atoms with Gasteiger partial charge in [-0.3, -0.25) is 4.79 Å². The van der Waals surface area contributed by atoms with E-state index in [2.05, 4.69) is 10.3 Å². The predicted molar refractivity (Wildman–Crippen MR) is 87.2 cm³/mol. The average molecular weight is 344 g/mol. The van der Waals surface area contributed by atoms with E-state index in [-0.39, 0.29) is 24.0 Å². The minimum absolute atomic E-state index is 0.0385. The van der Waals surface area contributed by atoms with Crippen molar-refractivity contribution in [3.8, 4) is 0 Å². The highest BCUT2D eigenvalue weighted by molar-refractivity contribution is 5.84. The Morgan fingerprint density at radius 3 is 2.68 bits per heavy atom. The lowest BCUT2D eigenvalue weighted by Gasteiger charge is -2.28. The normalized spacial score (nSPS) is 14.4. The summed E-state index contributed by atoms with van der Waals surface area (Å²) in [6, 6.07) is 6.40. The number of carboxylic acids is 1. The Hall–Kier alpha value is -3.03. The second-order valence-electron chi connectivity index (χ2n) is 5.84. The maximum Gasteiger partial charge on any atom is 0.358 e. The summed E-state index contributed by atoms with van der Waals surface area (Å²) >= 11 is 0. The smallest absolute Gasteiger partial charge is 0.358 e. The van der Waals surface area contributed by atoms with Crippen LogP contribution < -0.4 is 0 Å². The lowest BCUT2D eigenvalue weighted by Crippen LogP contribution is -2.38. The molecule has 1 saturated heterocycles. The Morgan fingerprint density at radius 1 is 1.28 bits per heavy atom. The van der Waals surface area contributed by atoms with Crippen LogP contribution >= 0.6 is 0 Å². The number of rotatable bonds is 4. The third kappa shape index (κ3) is 4.28. The van der Waals surface area contributed by atoms with Gasteiger partial charge in [0.05, 0.1) is 6.20 Å². The fourth-order valence-corrected chi connectivity index (χ4v) is 2.73. The molecule has 1 aliphatic heterocycles. The minimum atomic E-state index is -1.18. The number of benzene rings is 1. The molecule has 2 heterocycles. The summed E-state index contributed by atoms with van der Waals surface area (Å²) in [7, 11) is 0. The number of aromatic carboxylic acids is 1. The van der Waals surface area contributed by atoms with Gasteiger partial charge in [0.25, 0.3) is 0 Å². The molecule has 1 aromatic heterocycles. The topological polar surface area (TPSA) is 88.3 Å². The third-order valence-corrected chi connectivity index (χ3v) is 4.03. The largest absolute Gasteiger partial charge is 0.476 e. The number of halogens is 1. The highest BCUT2D eigenvalue weighted by atomic mass is 19.1. The highest BCUT2D eigenvalue weighted by Gasteiger charge is 2.20. The van der Waals surface area contributed by atoms with E-state index in [1.54, 1.807) is 11.0 Å². The fraction of sp³-hybridized carbons (Fsp3) is 0.294. The molecule has 2 aromatic rings. The maximum absolute atomic E-state index is 13.2. The zero-order valence-corrected chi connectivity index (χ0v) is 13.4. The molecule has 0 aliphatic carbocycles. The number of hydrogen-bond donors (Lipinski definition) is 1. The summed E-state index contributed by atoms with van der Waals surface area (Å²) in [5.74, 6) is -1.58. The van der Waals surface area contributed by atoms with Gasteiger partial charge < -0.3 is 10.0 Å². The van der Waals surface area contributed by atoms with E-state index < -0.39 is 5.97 Å².